The molecule has 0 unspecified atom stereocenters. The van der Waals surface area contributed by atoms with Crippen LogP contribution in [0.5, 0.6) is 0 Å². The topological polar surface area (TPSA) is 60.9 Å². The molecule has 0 radical (unpaired) electrons. The molecule has 3 aromatic rings. The molecule has 0 bridgehead atoms. The zero-order valence-electron chi connectivity index (χ0n) is 19.7. The second-order valence-corrected chi connectivity index (χ2v) is 11.5. The number of sulfonamides is 1. The van der Waals surface area contributed by atoms with Crippen LogP contribution in [0.2, 0.25) is 5.02 Å². The highest BCUT2D eigenvalue weighted by Gasteiger charge is 2.31. The van der Waals surface area contributed by atoms with Crippen molar-refractivity contribution in [3.05, 3.63) is 88.4 Å². The lowest BCUT2D eigenvalue weighted by molar-refractivity contribution is -0.117. The van der Waals surface area contributed by atoms with Crippen LogP contribution in [0.3, 0.4) is 0 Å². The summed E-state index contributed by atoms with van der Waals surface area (Å²) in [6.45, 7) is 4.61. The molecule has 8 heteroatoms. The number of halogens is 1. The predicted octanol–water partition coefficient (Wildman–Crippen LogP) is 4.29. The van der Waals surface area contributed by atoms with Crippen LogP contribution >= 0.6 is 11.6 Å². The number of carbonyl (C=O) groups excluding carboxylic acids is 1. The van der Waals surface area contributed by atoms with Gasteiger partial charge in [-0.3, -0.25) is 4.79 Å². The minimum atomic E-state index is -3.61. The largest absolute Gasteiger partial charge is 0.369 e. The lowest BCUT2D eigenvalue weighted by Crippen LogP contribution is -2.48. The molecular weight excluding hydrogens is 482 g/mol. The van der Waals surface area contributed by atoms with Gasteiger partial charge in [0.1, 0.15) is 0 Å². The average molecular weight is 510 g/mol. The number of aryl methyl sites for hydroxylation is 1. The number of hydrogen-bond donors (Lipinski definition) is 0. The van der Waals surface area contributed by atoms with Crippen molar-refractivity contribution in [1.82, 2.24) is 4.31 Å². The van der Waals surface area contributed by atoms with E-state index in [9.17, 15) is 13.2 Å². The maximum Gasteiger partial charge on any atom is 0.243 e. The van der Waals surface area contributed by atoms with Gasteiger partial charge in [-0.1, -0.05) is 47.5 Å². The zero-order chi connectivity index (χ0) is 24.6. The maximum atomic E-state index is 13.4. The van der Waals surface area contributed by atoms with E-state index in [1.807, 2.05) is 55.5 Å². The Morgan fingerprint density at radius 1 is 0.914 bits per heavy atom. The van der Waals surface area contributed by atoms with Gasteiger partial charge >= 0.3 is 0 Å². The Bertz CT molecular complexity index is 1370. The fourth-order valence-electron chi connectivity index (χ4n) is 4.90. The van der Waals surface area contributed by atoms with E-state index >= 15 is 0 Å². The van der Waals surface area contributed by atoms with Crippen molar-refractivity contribution in [3.63, 3.8) is 0 Å². The van der Waals surface area contributed by atoms with Gasteiger partial charge in [-0.25, -0.2) is 8.42 Å². The molecule has 1 fully saturated rings. The number of benzene rings is 3. The Labute approximate surface area is 211 Å². The number of nitrogens with zero attached hydrogens (tertiary/aromatic N) is 3. The van der Waals surface area contributed by atoms with Crippen molar-refractivity contribution in [3.8, 4) is 0 Å². The molecule has 1 amide bonds. The van der Waals surface area contributed by atoms with Crippen molar-refractivity contribution >= 4 is 38.9 Å². The van der Waals surface area contributed by atoms with E-state index in [2.05, 4.69) is 4.90 Å². The normalized spacial score (nSPS) is 16.4. The smallest absolute Gasteiger partial charge is 0.243 e. The van der Waals surface area contributed by atoms with Gasteiger partial charge in [-0.2, -0.15) is 4.31 Å². The standard InChI is InChI=1S/C27H28ClN3O3S/c1-20-4-2-5-21(16-20)17-27(32)31-11-10-22-18-25(8-9-26(22)31)35(33,34)30-14-12-29(13-15-30)24-7-3-6-23(28)19-24/h2-9,16,18-19H,10-15,17H2,1H3. The van der Waals surface area contributed by atoms with Gasteiger partial charge in [0.25, 0.3) is 0 Å². The molecule has 182 valence electrons. The molecule has 0 N–H and O–H groups in total. The van der Waals surface area contributed by atoms with Gasteiger partial charge in [0.2, 0.25) is 15.9 Å². The van der Waals surface area contributed by atoms with Crippen LogP contribution in [0, 0.1) is 6.92 Å². The van der Waals surface area contributed by atoms with E-state index in [0.717, 1.165) is 28.1 Å². The van der Waals surface area contributed by atoms with Crippen molar-refractivity contribution in [2.45, 2.75) is 24.7 Å². The number of carbonyl (C=O) groups is 1. The van der Waals surface area contributed by atoms with E-state index in [-0.39, 0.29) is 5.91 Å². The fraction of sp³-hybridized carbons (Fsp3) is 0.296. The Morgan fingerprint density at radius 2 is 1.69 bits per heavy atom. The summed E-state index contributed by atoms with van der Waals surface area (Å²) in [7, 11) is -3.61. The number of hydrogen-bond acceptors (Lipinski definition) is 4. The van der Waals surface area contributed by atoms with Crippen LogP contribution in [0.15, 0.2) is 71.6 Å². The number of amides is 1. The summed E-state index contributed by atoms with van der Waals surface area (Å²) >= 11 is 6.11. The van der Waals surface area contributed by atoms with Crippen LogP contribution in [-0.4, -0.2) is 51.4 Å². The summed E-state index contributed by atoms with van der Waals surface area (Å²) in [6.07, 6.45) is 0.985. The number of piperazine rings is 1. The Hall–Kier alpha value is -2.87. The summed E-state index contributed by atoms with van der Waals surface area (Å²) in [6, 6.07) is 20.7. The molecule has 0 aliphatic carbocycles. The Balaban J connectivity index is 1.28. The van der Waals surface area contributed by atoms with E-state index in [4.69, 9.17) is 11.6 Å². The first-order chi connectivity index (χ1) is 16.8. The first-order valence-corrected chi connectivity index (χ1v) is 13.6. The van der Waals surface area contributed by atoms with Gasteiger partial charge in [0, 0.05) is 49.1 Å². The third-order valence-electron chi connectivity index (χ3n) is 6.74. The van der Waals surface area contributed by atoms with Crippen LogP contribution in [-0.2, 0) is 27.7 Å². The molecule has 2 aliphatic heterocycles. The summed E-state index contributed by atoms with van der Waals surface area (Å²) < 4.78 is 28.3. The van der Waals surface area contributed by atoms with Crippen molar-refractivity contribution < 1.29 is 13.2 Å². The summed E-state index contributed by atoms with van der Waals surface area (Å²) in [5.74, 6) is 0.0297. The van der Waals surface area contributed by atoms with Gasteiger partial charge in [-0.15, -0.1) is 0 Å². The monoisotopic (exact) mass is 509 g/mol. The van der Waals surface area contributed by atoms with E-state index in [1.165, 1.54) is 0 Å². The second kappa shape index (κ2) is 9.64. The van der Waals surface area contributed by atoms with Crippen LogP contribution in [0.25, 0.3) is 0 Å². The molecule has 3 aromatic carbocycles. The highest BCUT2D eigenvalue weighted by atomic mass is 35.5. The summed E-state index contributed by atoms with van der Waals surface area (Å²) in [4.78, 5) is 17.2. The molecular formula is C27H28ClN3O3S. The van der Waals surface area contributed by atoms with Crippen LogP contribution in [0.4, 0.5) is 11.4 Å². The van der Waals surface area contributed by atoms with Crippen molar-refractivity contribution in [2.75, 3.05) is 42.5 Å². The van der Waals surface area contributed by atoms with Gasteiger partial charge in [-0.05, 0) is 60.9 Å². The predicted molar refractivity (Wildman–Crippen MR) is 140 cm³/mol. The molecule has 0 aromatic heterocycles. The highest BCUT2D eigenvalue weighted by Crippen LogP contribution is 2.32. The first-order valence-electron chi connectivity index (χ1n) is 11.8. The number of fused-ring (bicyclic) bond motifs is 1. The second-order valence-electron chi connectivity index (χ2n) is 9.12. The third kappa shape index (κ3) is 4.94. The maximum absolute atomic E-state index is 13.4. The van der Waals surface area contributed by atoms with E-state index in [0.29, 0.717) is 55.5 Å². The third-order valence-corrected chi connectivity index (χ3v) is 8.86. The Kier molecular flexibility index (Phi) is 6.57. The highest BCUT2D eigenvalue weighted by molar-refractivity contribution is 7.89. The van der Waals surface area contributed by atoms with E-state index < -0.39 is 10.0 Å². The number of rotatable bonds is 5. The molecule has 35 heavy (non-hydrogen) atoms. The van der Waals surface area contributed by atoms with Crippen molar-refractivity contribution in [2.24, 2.45) is 0 Å². The van der Waals surface area contributed by atoms with Gasteiger partial charge < -0.3 is 9.80 Å². The molecule has 5 rings (SSSR count). The molecule has 2 aliphatic rings. The first kappa shape index (κ1) is 23.9. The summed E-state index contributed by atoms with van der Waals surface area (Å²) in [5.41, 5.74) is 4.83. The molecule has 2 heterocycles. The lowest BCUT2D eigenvalue weighted by atomic mass is 10.1. The fourth-order valence-corrected chi connectivity index (χ4v) is 6.56. The lowest BCUT2D eigenvalue weighted by Gasteiger charge is -2.35. The Morgan fingerprint density at radius 3 is 2.43 bits per heavy atom. The minimum absolute atomic E-state index is 0.0297. The quantitative estimate of drug-likeness (QED) is 0.515. The van der Waals surface area contributed by atoms with E-state index in [1.54, 1.807) is 27.4 Å². The van der Waals surface area contributed by atoms with Gasteiger partial charge in [0.05, 0.1) is 11.3 Å². The molecule has 0 saturated carbocycles. The molecule has 0 spiro atoms. The van der Waals surface area contributed by atoms with Crippen LogP contribution in [0.1, 0.15) is 16.7 Å². The molecule has 1 saturated heterocycles. The van der Waals surface area contributed by atoms with Crippen molar-refractivity contribution in [1.29, 1.82) is 0 Å². The minimum Gasteiger partial charge on any atom is -0.369 e. The summed E-state index contributed by atoms with van der Waals surface area (Å²) in [5, 5.41) is 0.669. The molecule has 0 atom stereocenters. The zero-order valence-corrected chi connectivity index (χ0v) is 21.2. The van der Waals surface area contributed by atoms with Crippen LogP contribution < -0.4 is 9.80 Å². The SMILES string of the molecule is Cc1cccc(CC(=O)N2CCc3cc(S(=O)(=O)N4CCN(c5cccc(Cl)c5)CC4)ccc32)c1. The average Bonchev–Trinajstić information content (AvgIpc) is 3.28. The molecule has 6 nitrogen and oxygen atoms in total. The van der Waals surface area contributed by atoms with Gasteiger partial charge in [0.15, 0.2) is 0 Å². The number of anilines is 2.